The molecule has 3 rings (SSSR count). The molecule has 1 aromatic heterocycles. The van der Waals surface area contributed by atoms with E-state index in [9.17, 15) is 24.0 Å². The molecule has 0 radical (unpaired) electrons. The van der Waals surface area contributed by atoms with Crippen LogP contribution in [0.5, 0.6) is 0 Å². The van der Waals surface area contributed by atoms with Gasteiger partial charge >= 0.3 is 0 Å². The lowest BCUT2D eigenvalue weighted by molar-refractivity contribution is -0.139. The van der Waals surface area contributed by atoms with E-state index in [0.29, 0.717) is 51.6 Å². The Hall–Kier alpha value is -4.15. The van der Waals surface area contributed by atoms with Crippen LogP contribution in [0.2, 0.25) is 0 Å². The highest BCUT2D eigenvalue weighted by Gasteiger charge is 2.33. The van der Waals surface area contributed by atoms with Crippen molar-refractivity contribution in [1.82, 2.24) is 25.8 Å². The third kappa shape index (κ3) is 8.69. The second-order valence-corrected chi connectivity index (χ2v) is 9.69. The third-order valence-corrected chi connectivity index (χ3v) is 6.89. The lowest BCUT2D eigenvalue weighted by atomic mass is 10.1. The molecule has 6 N–H and O–H groups in total. The fourth-order valence-electron chi connectivity index (χ4n) is 4.82. The van der Waals surface area contributed by atoms with Gasteiger partial charge in [0.2, 0.25) is 29.5 Å². The van der Waals surface area contributed by atoms with Crippen LogP contribution in [-0.4, -0.2) is 71.1 Å². The molecule has 2 atom stereocenters. The van der Waals surface area contributed by atoms with Crippen LogP contribution in [0.15, 0.2) is 43.1 Å². The summed E-state index contributed by atoms with van der Waals surface area (Å²) in [5.74, 6) is -1.96. The number of fused-ring (bicyclic) bond motifs is 1. The molecular formula is C28H38N6O5. The maximum absolute atomic E-state index is 12.9. The largest absolute Gasteiger partial charge is 0.368 e. The van der Waals surface area contributed by atoms with E-state index >= 15 is 0 Å². The second-order valence-electron chi connectivity index (χ2n) is 9.69. The first kappa shape index (κ1) is 29.4. The number of nitrogens with two attached hydrogens (primary N) is 1. The Bertz CT molecular complexity index is 1190. The maximum atomic E-state index is 12.9. The van der Waals surface area contributed by atoms with Crippen LogP contribution >= 0.6 is 0 Å². The van der Waals surface area contributed by atoms with Crippen molar-refractivity contribution in [1.29, 1.82) is 0 Å². The van der Waals surface area contributed by atoms with Gasteiger partial charge in [0.25, 0.3) is 0 Å². The molecule has 210 valence electrons. The van der Waals surface area contributed by atoms with Crippen LogP contribution in [0.25, 0.3) is 10.9 Å². The molecule has 1 aliphatic heterocycles. The zero-order valence-corrected chi connectivity index (χ0v) is 22.2. The van der Waals surface area contributed by atoms with E-state index in [2.05, 4.69) is 33.6 Å². The van der Waals surface area contributed by atoms with Crippen LogP contribution in [-0.2, 0) is 30.4 Å². The molecule has 1 aromatic carbocycles. The maximum Gasteiger partial charge on any atom is 0.243 e. The van der Waals surface area contributed by atoms with E-state index in [1.807, 2.05) is 24.4 Å². The van der Waals surface area contributed by atoms with Gasteiger partial charge in [0.15, 0.2) is 0 Å². The number of rotatable bonds is 15. The smallest absolute Gasteiger partial charge is 0.243 e. The predicted molar refractivity (Wildman–Crippen MR) is 147 cm³/mol. The summed E-state index contributed by atoms with van der Waals surface area (Å²) in [5.41, 5.74) is 7.63. The molecular weight excluding hydrogens is 500 g/mol. The first-order valence-corrected chi connectivity index (χ1v) is 13.4. The van der Waals surface area contributed by atoms with Crippen molar-refractivity contribution in [3.8, 4) is 0 Å². The van der Waals surface area contributed by atoms with E-state index in [1.165, 1.54) is 6.08 Å². The van der Waals surface area contributed by atoms with Gasteiger partial charge in [-0.05, 0) is 62.7 Å². The Morgan fingerprint density at radius 2 is 1.92 bits per heavy atom. The average molecular weight is 539 g/mol. The molecule has 2 aromatic rings. The molecule has 39 heavy (non-hydrogen) atoms. The van der Waals surface area contributed by atoms with Crippen LogP contribution < -0.4 is 21.7 Å². The summed E-state index contributed by atoms with van der Waals surface area (Å²) in [6.45, 7) is 3.97. The molecule has 1 aliphatic rings. The standard InChI is InChI=1S/C28H38N6O5/c1-2-24(35)30-15-6-5-12-22(27(29)38)33-25(36)18-32-28(39)23-13-8-16-34(23)26(37)14-7-9-19-17-31-21-11-4-3-10-20(19)21/h2-4,10-11,17,22-23,31H,1,5-9,12-16,18H2,(H2,29,38)(H,30,35)(H,32,39)(H,33,36). The zero-order chi connectivity index (χ0) is 28.2. The molecule has 5 amide bonds. The molecule has 11 heteroatoms. The number of primary amides is 1. The number of nitrogens with one attached hydrogen (secondary N) is 4. The molecule has 11 nitrogen and oxygen atoms in total. The number of hydrogen-bond donors (Lipinski definition) is 5. The number of amides is 5. The SMILES string of the molecule is C=CC(=O)NCCCCC(NC(=O)CNC(=O)C1CCCN1C(=O)CCCc1c[nH]c2ccccc12)C(N)=O. The Morgan fingerprint density at radius 1 is 1.13 bits per heavy atom. The van der Waals surface area contributed by atoms with Gasteiger partial charge < -0.3 is 31.6 Å². The molecule has 0 aliphatic carbocycles. The summed E-state index contributed by atoms with van der Waals surface area (Å²) < 4.78 is 0. The first-order chi connectivity index (χ1) is 18.8. The Morgan fingerprint density at radius 3 is 2.69 bits per heavy atom. The number of carbonyl (C=O) groups excluding carboxylic acids is 5. The van der Waals surface area contributed by atoms with Crippen LogP contribution in [0, 0.1) is 0 Å². The Kier molecular flexibility index (Phi) is 11.1. The van der Waals surface area contributed by atoms with Crippen LogP contribution in [0.1, 0.15) is 50.5 Å². The lowest BCUT2D eigenvalue weighted by Gasteiger charge is -2.24. The van der Waals surface area contributed by atoms with Gasteiger partial charge in [0.05, 0.1) is 6.54 Å². The minimum absolute atomic E-state index is 0.0741. The minimum atomic E-state index is -0.883. The lowest BCUT2D eigenvalue weighted by Crippen LogP contribution is -2.51. The summed E-state index contributed by atoms with van der Waals surface area (Å²) in [6, 6.07) is 6.53. The number of para-hydroxylation sites is 1. The van der Waals surface area contributed by atoms with Gasteiger partial charge in [-0.15, -0.1) is 0 Å². The van der Waals surface area contributed by atoms with Crippen LogP contribution in [0.3, 0.4) is 0 Å². The number of likely N-dealkylation sites (tertiary alicyclic amines) is 1. The quantitative estimate of drug-likeness (QED) is 0.168. The summed E-state index contributed by atoms with van der Waals surface area (Å²) >= 11 is 0. The fourth-order valence-corrected chi connectivity index (χ4v) is 4.82. The molecule has 0 spiro atoms. The summed E-state index contributed by atoms with van der Waals surface area (Å²) in [6.07, 6.45) is 7.62. The fraction of sp³-hybridized carbons (Fsp3) is 0.464. The van der Waals surface area contributed by atoms with Gasteiger partial charge in [0.1, 0.15) is 12.1 Å². The van der Waals surface area contributed by atoms with Crippen molar-refractivity contribution in [2.24, 2.45) is 5.73 Å². The highest BCUT2D eigenvalue weighted by atomic mass is 16.2. The Labute approximate surface area is 227 Å². The number of hydrogen-bond acceptors (Lipinski definition) is 5. The van der Waals surface area contributed by atoms with E-state index in [-0.39, 0.29) is 24.3 Å². The van der Waals surface area contributed by atoms with Crippen molar-refractivity contribution >= 4 is 40.4 Å². The summed E-state index contributed by atoms with van der Waals surface area (Å²) in [5, 5.41) is 8.92. The zero-order valence-electron chi connectivity index (χ0n) is 22.2. The second kappa shape index (κ2) is 14.7. The molecule has 0 bridgehead atoms. The molecule has 2 heterocycles. The van der Waals surface area contributed by atoms with Gasteiger partial charge in [-0.2, -0.15) is 0 Å². The number of aromatic nitrogens is 1. The Balaban J connectivity index is 1.39. The summed E-state index contributed by atoms with van der Waals surface area (Å²) in [7, 11) is 0. The molecule has 0 saturated carbocycles. The minimum Gasteiger partial charge on any atom is -0.368 e. The summed E-state index contributed by atoms with van der Waals surface area (Å²) in [4.78, 5) is 65.8. The van der Waals surface area contributed by atoms with E-state index in [4.69, 9.17) is 5.73 Å². The molecule has 1 saturated heterocycles. The molecule has 2 unspecified atom stereocenters. The van der Waals surface area contributed by atoms with E-state index < -0.39 is 23.9 Å². The monoisotopic (exact) mass is 538 g/mol. The van der Waals surface area contributed by atoms with Crippen molar-refractivity contribution in [2.75, 3.05) is 19.6 Å². The number of aryl methyl sites for hydroxylation is 1. The number of H-pyrrole nitrogens is 1. The van der Waals surface area contributed by atoms with Gasteiger partial charge in [-0.1, -0.05) is 24.8 Å². The highest BCUT2D eigenvalue weighted by Crippen LogP contribution is 2.22. The predicted octanol–water partition coefficient (Wildman–Crippen LogP) is 1.04. The first-order valence-electron chi connectivity index (χ1n) is 13.4. The number of nitrogens with zero attached hydrogens (tertiary/aromatic N) is 1. The number of benzene rings is 1. The van der Waals surface area contributed by atoms with Gasteiger partial charge in [-0.3, -0.25) is 24.0 Å². The normalized spacial score (nSPS) is 15.5. The number of unbranched alkanes of at least 4 members (excludes halogenated alkanes) is 1. The third-order valence-electron chi connectivity index (χ3n) is 6.89. The van der Waals surface area contributed by atoms with Crippen molar-refractivity contribution < 1.29 is 24.0 Å². The average Bonchev–Trinajstić information content (AvgIpc) is 3.58. The topological polar surface area (TPSA) is 166 Å². The van der Waals surface area contributed by atoms with E-state index in [0.717, 1.165) is 29.3 Å². The number of carbonyl (C=O) groups is 5. The van der Waals surface area contributed by atoms with Gasteiger partial charge in [0, 0.05) is 36.6 Å². The van der Waals surface area contributed by atoms with Crippen LogP contribution in [0.4, 0.5) is 0 Å². The van der Waals surface area contributed by atoms with Gasteiger partial charge in [-0.25, -0.2) is 0 Å². The molecule has 1 fully saturated rings. The van der Waals surface area contributed by atoms with Crippen molar-refractivity contribution in [3.63, 3.8) is 0 Å². The highest BCUT2D eigenvalue weighted by molar-refractivity contribution is 5.92. The number of aromatic amines is 1. The van der Waals surface area contributed by atoms with Crippen molar-refractivity contribution in [2.45, 2.75) is 63.5 Å². The van der Waals surface area contributed by atoms with Crippen molar-refractivity contribution in [3.05, 3.63) is 48.7 Å². The van der Waals surface area contributed by atoms with E-state index in [1.54, 1.807) is 4.90 Å².